The van der Waals surface area contributed by atoms with Crippen LogP contribution in [0.4, 0.5) is 5.69 Å². The predicted molar refractivity (Wildman–Crippen MR) is 181 cm³/mol. The molecular formula is C35H42N4O7S. The summed E-state index contributed by atoms with van der Waals surface area (Å²) < 4.78 is 38.0. The zero-order valence-corrected chi connectivity index (χ0v) is 27.7. The number of anilines is 1. The average molecular weight is 663 g/mol. The van der Waals surface area contributed by atoms with Crippen molar-refractivity contribution in [2.24, 2.45) is 0 Å². The summed E-state index contributed by atoms with van der Waals surface area (Å²) in [5, 5.41) is 20.3. The molecule has 0 spiro atoms. The molecule has 0 saturated carbocycles. The summed E-state index contributed by atoms with van der Waals surface area (Å²) >= 11 is 0. The SMILES string of the molecule is CCS(=O)(=O)Nc1cc(C(=O)N[C@@H](Cc2ccccc2)[C@H](O)CNC(C)c2ccco2)cc(C(=O)N[C@H](C)c2ccc(OC)cc2)c1. The van der Waals surface area contributed by atoms with E-state index in [4.69, 9.17) is 9.15 Å². The first-order chi connectivity index (χ1) is 22.5. The molecule has 1 unspecified atom stereocenters. The molecule has 0 saturated heterocycles. The maximum atomic E-state index is 13.8. The summed E-state index contributed by atoms with van der Waals surface area (Å²) in [6.45, 7) is 5.35. The number of methoxy groups -OCH3 is 1. The monoisotopic (exact) mass is 662 g/mol. The van der Waals surface area contributed by atoms with Crippen molar-refractivity contribution in [2.45, 2.75) is 51.4 Å². The van der Waals surface area contributed by atoms with E-state index < -0.39 is 40.0 Å². The van der Waals surface area contributed by atoms with Crippen LogP contribution in [-0.4, -0.2) is 56.9 Å². The normalized spacial score (nSPS) is 14.0. The highest BCUT2D eigenvalue weighted by molar-refractivity contribution is 7.92. The van der Waals surface area contributed by atoms with Crippen molar-refractivity contribution in [1.82, 2.24) is 16.0 Å². The molecule has 4 aromatic rings. The van der Waals surface area contributed by atoms with Crippen molar-refractivity contribution in [3.05, 3.63) is 119 Å². The third kappa shape index (κ3) is 10.2. The van der Waals surface area contributed by atoms with Gasteiger partial charge in [-0.2, -0.15) is 0 Å². The lowest BCUT2D eigenvalue weighted by Crippen LogP contribution is -2.49. The average Bonchev–Trinajstić information content (AvgIpc) is 3.62. The predicted octanol–water partition coefficient (Wildman–Crippen LogP) is 4.59. The van der Waals surface area contributed by atoms with E-state index in [0.717, 1.165) is 11.1 Å². The number of carbonyl (C=O) groups excluding carboxylic acids is 2. The fraction of sp³-hybridized carbons (Fsp3) is 0.314. The Bertz CT molecular complexity index is 1710. The molecule has 4 rings (SSSR count). The molecule has 5 N–H and O–H groups in total. The molecule has 4 atom stereocenters. The van der Waals surface area contributed by atoms with Crippen molar-refractivity contribution < 1.29 is 32.3 Å². The number of rotatable bonds is 16. The van der Waals surface area contributed by atoms with Gasteiger partial charge in [0.1, 0.15) is 11.5 Å². The van der Waals surface area contributed by atoms with Crippen LogP contribution >= 0.6 is 0 Å². The highest BCUT2D eigenvalue weighted by Crippen LogP contribution is 2.21. The molecule has 0 aliphatic carbocycles. The molecule has 250 valence electrons. The van der Waals surface area contributed by atoms with E-state index in [2.05, 4.69) is 20.7 Å². The number of aliphatic hydroxyl groups excluding tert-OH is 1. The third-order valence-corrected chi connectivity index (χ3v) is 9.06. The second-order valence-electron chi connectivity index (χ2n) is 11.3. The maximum Gasteiger partial charge on any atom is 0.251 e. The van der Waals surface area contributed by atoms with Gasteiger partial charge in [-0.25, -0.2) is 8.42 Å². The number of furan rings is 1. The van der Waals surface area contributed by atoms with Crippen LogP contribution < -0.4 is 25.4 Å². The number of hydrogen-bond donors (Lipinski definition) is 5. The summed E-state index contributed by atoms with van der Waals surface area (Å²) in [7, 11) is -2.16. The lowest BCUT2D eigenvalue weighted by molar-refractivity contribution is 0.0824. The number of carbonyl (C=O) groups is 2. The molecule has 0 bridgehead atoms. The van der Waals surface area contributed by atoms with Crippen molar-refractivity contribution in [1.29, 1.82) is 0 Å². The van der Waals surface area contributed by atoms with Gasteiger partial charge < -0.3 is 30.2 Å². The summed E-state index contributed by atoms with van der Waals surface area (Å²) in [4.78, 5) is 27.2. The minimum atomic E-state index is -3.72. The van der Waals surface area contributed by atoms with E-state index in [9.17, 15) is 23.1 Å². The summed E-state index contributed by atoms with van der Waals surface area (Å²) in [6, 6.07) is 23.1. The first-order valence-electron chi connectivity index (χ1n) is 15.4. The van der Waals surface area contributed by atoms with Crippen LogP contribution in [0.2, 0.25) is 0 Å². The van der Waals surface area contributed by atoms with Crippen LogP contribution in [0.3, 0.4) is 0 Å². The number of sulfonamides is 1. The Kier molecular flexibility index (Phi) is 12.2. The molecule has 0 aliphatic heterocycles. The fourth-order valence-electron chi connectivity index (χ4n) is 4.94. The van der Waals surface area contributed by atoms with Crippen LogP contribution in [0.15, 0.2) is 95.6 Å². The Labute approximate surface area is 275 Å². The van der Waals surface area contributed by atoms with E-state index in [1.165, 1.54) is 25.1 Å². The highest BCUT2D eigenvalue weighted by Gasteiger charge is 2.25. The van der Waals surface area contributed by atoms with Gasteiger partial charge >= 0.3 is 0 Å². The first-order valence-corrected chi connectivity index (χ1v) is 17.0. The van der Waals surface area contributed by atoms with Gasteiger partial charge in [0, 0.05) is 17.7 Å². The number of hydrogen-bond acceptors (Lipinski definition) is 8. The highest BCUT2D eigenvalue weighted by atomic mass is 32.2. The molecule has 3 aromatic carbocycles. The lowest BCUT2D eigenvalue weighted by Gasteiger charge is -2.26. The largest absolute Gasteiger partial charge is 0.497 e. The quantitative estimate of drug-likeness (QED) is 0.117. The van der Waals surface area contributed by atoms with Gasteiger partial charge in [0.25, 0.3) is 11.8 Å². The van der Waals surface area contributed by atoms with Gasteiger partial charge in [0.2, 0.25) is 10.0 Å². The molecule has 0 fully saturated rings. The summed E-state index contributed by atoms with van der Waals surface area (Å²) in [6.07, 6.45) is 0.886. The van der Waals surface area contributed by atoms with Crippen molar-refractivity contribution >= 4 is 27.5 Å². The molecular weight excluding hydrogens is 620 g/mol. The Hall–Kier alpha value is -4.65. The minimum Gasteiger partial charge on any atom is -0.497 e. The van der Waals surface area contributed by atoms with E-state index in [0.29, 0.717) is 17.9 Å². The van der Waals surface area contributed by atoms with Crippen LogP contribution in [0, 0.1) is 0 Å². The van der Waals surface area contributed by atoms with Gasteiger partial charge in [0.05, 0.1) is 49.0 Å². The number of benzene rings is 3. The molecule has 0 aliphatic rings. The first kappa shape index (κ1) is 35.2. The number of aliphatic hydroxyl groups is 1. The zero-order chi connectivity index (χ0) is 34.0. The number of ether oxygens (including phenoxy) is 1. The third-order valence-electron chi connectivity index (χ3n) is 7.76. The fourth-order valence-corrected chi connectivity index (χ4v) is 5.56. The van der Waals surface area contributed by atoms with Crippen molar-refractivity contribution in [3.8, 4) is 5.75 Å². The molecule has 2 amide bonds. The van der Waals surface area contributed by atoms with Gasteiger partial charge in [-0.3, -0.25) is 14.3 Å². The number of amides is 2. The molecule has 11 nitrogen and oxygen atoms in total. The van der Waals surface area contributed by atoms with E-state index in [-0.39, 0.29) is 35.2 Å². The molecule has 47 heavy (non-hydrogen) atoms. The maximum absolute atomic E-state index is 13.8. The van der Waals surface area contributed by atoms with Crippen LogP contribution in [-0.2, 0) is 16.4 Å². The summed E-state index contributed by atoms with van der Waals surface area (Å²) in [5.41, 5.74) is 1.92. The number of nitrogens with one attached hydrogen (secondary N) is 4. The second kappa shape index (κ2) is 16.3. The van der Waals surface area contributed by atoms with Gasteiger partial charge in [-0.15, -0.1) is 0 Å². The lowest BCUT2D eigenvalue weighted by atomic mass is 9.99. The smallest absolute Gasteiger partial charge is 0.251 e. The molecule has 0 radical (unpaired) electrons. The standard InChI is InChI=1S/C35H42N4O7S/c1-5-47(43,44)39-29-20-27(34(41)37-23(2)26-13-15-30(45-4)16-14-26)19-28(21-29)35(42)38-31(18-25-10-7-6-8-11-25)32(40)22-36-24(3)33-12-9-17-46-33/h6-17,19-21,23-24,31-32,36,39-40H,5,18,22H2,1-4H3,(H,37,41)(H,38,42)/t23-,24?,31+,32-/m1/s1. The van der Waals surface area contributed by atoms with Crippen LogP contribution in [0.1, 0.15) is 70.5 Å². The van der Waals surface area contributed by atoms with E-state index >= 15 is 0 Å². The topological polar surface area (TPSA) is 159 Å². The van der Waals surface area contributed by atoms with Crippen LogP contribution in [0.25, 0.3) is 0 Å². The minimum absolute atomic E-state index is 0.0470. The Morgan fingerprint density at radius 2 is 1.53 bits per heavy atom. The van der Waals surface area contributed by atoms with Gasteiger partial charge in [-0.1, -0.05) is 42.5 Å². The zero-order valence-electron chi connectivity index (χ0n) is 26.9. The van der Waals surface area contributed by atoms with Gasteiger partial charge in [0.15, 0.2) is 0 Å². The van der Waals surface area contributed by atoms with Crippen molar-refractivity contribution in [3.63, 3.8) is 0 Å². The van der Waals surface area contributed by atoms with Gasteiger partial charge in [-0.05, 0) is 80.8 Å². The molecule has 1 aromatic heterocycles. The Morgan fingerprint density at radius 3 is 2.13 bits per heavy atom. The van der Waals surface area contributed by atoms with Crippen molar-refractivity contribution in [2.75, 3.05) is 24.1 Å². The van der Waals surface area contributed by atoms with E-state index in [1.807, 2.05) is 62.4 Å². The molecule has 12 heteroatoms. The van der Waals surface area contributed by atoms with Crippen LogP contribution in [0.5, 0.6) is 5.75 Å². The molecule has 1 heterocycles. The Balaban J connectivity index is 1.58. The van der Waals surface area contributed by atoms with E-state index in [1.54, 1.807) is 31.6 Å². The summed E-state index contributed by atoms with van der Waals surface area (Å²) in [5.74, 6) is 0.0984. The Morgan fingerprint density at radius 1 is 0.872 bits per heavy atom. The second-order valence-corrected chi connectivity index (χ2v) is 13.3.